The molecule has 0 bridgehead atoms. The van der Waals surface area contributed by atoms with Gasteiger partial charge in [-0.25, -0.2) is 9.18 Å². The first-order chi connectivity index (χ1) is 16.8. The molecule has 190 valence electrons. The van der Waals surface area contributed by atoms with Crippen LogP contribution in [0.4, 0.5) is 33.7 Å². The first-order valence-corrected chi connectivity index (χ1v) is 10.0. The average molecular weight is 529 g/mol. The third-order valence-electron chi connectivity index (χ3n) is 3.94. The number of nitrogens with zero attached hydrogens (tertiary/aromatic N) is 1. The number of carboxylic acid groups (broad SMARTS) is 1. The van der Waals surface area contributed by atoms with Gasteiger partial charge in [-0.1, -0.05) is 11.6 Å². The molecule has 0 unspecified atom stereocenters. The molecule has 0 spiro atoms. The van der Waals surface area contributed by atoms with Crippen molar-refractivity contribution in [1.29, 1.82) is 0 Å². The van der Waals surface area contributed by atoms with Gasteiger partial charge in [0.2, 0.25) is 0 Å². The average Bonchev–Trinajstić information content (AvgIpc) is 2.76. The number of carbonyl (C=O) groups excluding carboxylic acids is 2. The molecule has 1 aromatic heterocycles. The number of benzene rings is 2. The Kier molecular flexibility index (Phi) is 9.16. The molecule has 0 saturated carbocycles. The van der Waals surface area contributed by atoms with Crippen molar-refractivity contribution in [3.63, 3.8) is 0 Å². The maximum Gasteiger partial charge on any atom is 0.417 e. The third-order valence-corrected chi connectivity index (χ3v) is 4.27. The number of aliphatic carboxylic acids is 1. The Morgan fingerprint density at radius 3 is 2.25 bits per heavy atom. The van der Waals surface area contributed by atoms with Crippen molar-refractivity contribution in [2.45, 2.75) is 13.1 Å². The van der Waals surface area contributed by atoms with Crippen LogP contribution in [0.15, 0.2) is 54.7 Å². The zero-order valence-electron chi connectivity index (χ0n) is 18.2. The number of primary amides is 1. The highest BCUT2D eigenvalue weighted by Gasteiger charge is 2.33. The third kappa shape index (κ3) is 8.43. The van der Waals surface area contributed by atoms with E-state index in [2.05, 4.69) is 15.6 Å². The van der Waals surface area contributed by atoms with E-state index in [9.17, 15) is 27.2 Å². The van der Waals surface area contributed by atoms with Gasteiger partial charge in [0.25, 0.3) is 11.9 Å². The van der Waals surface area contributed by atoms with Gasteiger partial charge in [0, 0.05) is 30.9 Å². The molecule has 14 heteroatoms. The summed E-state index contributed by atoms with van der Waals surface area (Å²) < 4.78 is 58.5. The van der Waals surface area contributed by atoms with Gasteiger partial charge in [-0.3, -0.25) is 14.6 Å². The number of nitrogens with two attached hydrogens (primary N) is 1. The van der Waals surface area contributed by atoms with Crippen LogP contribution in [0.5, 0.6) is 11.5 Å². The number of alkyl halides is 3. The summed E-state index contributed by atoms with van der Waals surface area (Å²) in [5.41, 5.74) is 3.51. The molecule has 9 nitrogen and oxygen atoms in total. The highest BCUT2D eigenvalue weighted by atomic mass is 35.5. The number of halogens is 5. The molecule has 2 aromatic carbocycles. The number of aromatic nitrogens is 1. The summed E-state index contributed by atoms with van der Waals surface area (Å²) >= 11 is 5.53. The Morgan fingerprint density at radius 1 is 1.03 bits per heavy atom. The Hall–Kier alpha value is -4.39. The van der Waals surface area contributed by atoms with Crippen molar-refractivity contribution in [3.8, 4) is 11.5 Å². The second-order valence-corrected chi connectivity index (χ2v) is 7.18. The van der Waals surface area contributed by atoms with Crippen molar-refractivity contribution in [2.75, 3.05) is 10.6 Å². The number of urea groups is 1. The van der Waals surface area contributed by atoms with Gasteiger partial charge in [-0.15, -0.1) is 0 Å². The molecule has 0 radical (unpaired) electrons. The number of amides is 3. The van der Waals surface area contributed by atoms with Gasteiger partial charge in [0.05, 0.1) is 16.3 Å². The van der Waals surface area contributed by atoms with Crippen LogP contribution in [-0.4, -0.2) is 28.0 Å². The summed E-state index contributed by atoms with van der Waals surface area (Å²) in [5.74, 6) is -2.26. The number of nitrogens with one attached hydrogen (secondary N) is 2. The number of pyridine rings is 1. The molecule has 0 fully saturated rings. The van der Waals surface area contributed by atoms with Crippen molar-refractivity contribution in [2.24, 2.45) is 5.73 Å². The van der Waals surface area contributed by atoms with Gasteiger partial charge in [0.15, 0.2) is 0 Å². The number of carboxylic acids is 1. The molecular weight excluding hydrogens is 512 g/mol. The number of anilines is 2. The molecule has 3 aromatic rings. The van der Waals surface area contributed by atoms with E-state index >= 15 is 0 Å². The van der Waals surface area contributed by atoms with Crippen LogP contribution in [0, 0.1) is 5.82 Å². The second kappa shape index (κ2) is 11.8. The van der Waals surface area contributed by atoms with E-state index in [-0.39, 0.29) is 28.6 Å². The van der Waals surface area contributed by atoms with E-state index in [0.717, 1.165) is 19.1 Å². The molecule has 0 aliphatic carbocycles. The number of carbonyl (C=O) groups is 3. The lowest BCUT2D eigenvalue weighted by atomic mass is 10.2. The molecule has 3 amide bonds. The van der Waals surface area contributed by atoms with Crippen LogP contribution >= 0.6 is 11.6 Å². The summed E-state index contributed by atoms with van der Waals surface area (Å²) in [4.78, 5) is 36.0. The maximum absolute atomic E-state index is 14.4. The second-order valence-electron chi connectivity index (χ2n) is 6.78. The lowest BCUT2D eigenvalue weighted by Gasteiger charge is -2.13. The predicted octanol–water partition coefficient (Wildman–Crippen LogP) is 5.52. The zero-order chi connectivity index (χ0) is 27.0. The Morgan fingerprint density at radius 2 is 1.67 bits per heavy atom. The molecule has 0 atom stereocenters. The minimum absolute atomic E-state index is 0.0441. The van der Waals surface area contributed by atoms with Gasteiger partial charge < -0.3 is 26.2 Å². The minimum Gasteiger partial charge on any atom is -0.481 e. The molecule has 1 heterocycles. The standard InChI is InChI=1S/C20H13ClF4N4O3.C2H4O2/c21-14-3-1-10(7-13(14)20(23,24)25)28-19(31)29-16-4-2-11(8-15(16)22)32-12-5-6-27-17(9-12)18(26)30;1-2(3)4/h1-9H,(H2,26,30)(H2,28,29,31);1H3,(H,3,4). The minimum atomic E-state index is -4.71. The molecule has 5 N–H and O–H groups in total. The molecule has 0 aliphatic heterocycles. The van der Waals surface area contributed by atoms with Crippen molar-refractivity contribution < 1.29 is 41.8 Å². The first kappa shape index (κ1) is 27.9. The van der Waals surface area contributed by atoms with Gasteiger partial charge in [0.1, 0.15) is 23.0 Å². The van der Waals surface area contributed by atoms with Crippen LogP contribution in [0.3, 0.4) is 0 Å². The van der Waals surface area contributed by atoms with Gasteiger partial charge >= 0.3 is 12.2 Å². The number of rotatable bonds is 5. The number of hydrogen-bond acceptors (Lipinski definition) is 5. The quantitative estimate of drug-likeness (QED) is 0.321. The summed E-state index contributed by atoms with van der Waals surface area (Å²) in [7, 11) is 0. The summed E-state index contributed by atoms with van der Waals surface area (Å²) in [6.07, 6.45) is -3.42. The Balaban J connectivity index is 0.00000106. The van der Waals surface area contributed by atoms with Crippen LogP contribution in [-0.2, 0) is 11.0 Å². The highest BCUT2D eigenvalue weighted by molar-refractivity contribution is 6.31. The maximum atomic E-state index is 14.4. The topological polar surface area (TPSA) is 144 Å². The smallest absolute Gasteiger partial charge is 0.417 e. The summed E-state index contributed by atoms with van der Waals surface area (Å²) in [6.45, 7) is 1.08. The SMILES string of the molecule is CC(=O)O.NC(=O)c1cc(Oc2ccc(NC(=O)Nc3ccc(Cl)c(C(F)(F)F)c3)c(F)c2)ccn1. The molecule has 36 heavy (non-hydrogen) atoms. The fraction of sp³-hybridized carbons (Fsp3) is 0.0909. The summed E-state index contributed by atoms with van der Waals surface area (Å²) in [5, 5.41) is 11.2. The summed E-state index contributed by atoms with van der Waals surface area (Å²) in [6, 6.07) is 7.99. The fourth-order valence-corrected chi connectivity index (χ4v) is 2.74. The Bertz CT molecular complexity index is 1280. The highest BCUT2D eigenvalue weighted by Crippen LogP contribution is 2.36. The largest absolute Gasteiger partial charge is 0.481 e. The monoisotopic (exact) mass is 528 g/mol. The van der Waals surface area contributed by atoms with E-state index in [1.807, 2.05) is 0 Å². The van der Waals surface area contributed by atoms with Crippen molar-refractivity contribution in [3.05, 3.63) is 76.8 Å². The van der Waals surface area contributed by atoms with E-state index in [1.54, 1.807) is 0 Å². The van der Waals surface area contributed by atoms with E-state index < -0.39 is 40.5 Å². The van der Waals surface area contributed by atoms with E-state index in [0.29, 0.717) is 6.07 Å². The van der Waals surface area contributed by atoms with E-state index in [4.69, 9.17) is 32.0 Å². The van der Waals surface area contributed by atoms with E-state index in [1.165, 1.54) is 36.5 Å². The number of hydrogen-bond donors (Lipinski definition) is 4. The molecule has 3 rings (SSSR count). The molecular formula is C22H17ClF4N4O5. The lowest BCUT2D eigenvalue weighted by molar-refractivity contribution is -0.137. The lowest BCUT2D eigenvalue weighted by Crippen LogP contribution is -2.20. The normalized spacial score (nSPS) is 10.5. The molecule has 0 aliphatic rings. The van der Waals surface area contributed by atoms with Crippen LogP contribution in [0.25, 0.3) is 0 Å². The zero-order valence-corrected chi connectivity index (χ0v) is 18.9. The van der Waals surface area contributed by atoms with Crippen molar-refractivity contribution >= 4 is 40.9 Å². The molecule has 0 saturated heterocycles. The van der Waals surface area contributed by atoms with Crippen LogP contribution < -0.4 is 21.1 Å². The van der Waals surface area contributed by atoms with Gasteiger partial charge in [-0.2, -0.15) is 13.2 Å². The Labute approximate surface area is 205 Å². The predicted molar refractivity (Wildman–Crippen MR) is 122 cm³/mol. The number of ether oxygens (including phenoxy) is 1. The van der Waals surface area contributed by atoms with Crippen LogP contribution in [0.1, 0.15) is 23.0 Å². The van der Waals surface area contributed by atoms with Gasteiger partial charge in [-0.05, 0) is 36.4 Å². The fourth-order valence-electron chi connectivity index (χ4n) is 2.51. The van der Waals surface area contributed by atoms with Crippen LogP contribution in [0.2, 0.25) is 5.02 Å². The first-order valence-electron chi connectivity index (χ1n) is 9.64. The van der Waals surface area contributed by atoms with Crippen molar-refractivity contribution in [1.82, 2.24) is 4.98 Å².